The van der Waals surface area contributed by atoms with E-state index in [4.69, 9.17) is 10.5 Å². The van der Waals surface area contributed by atoms with Crippen LogP contribution in [0.4, 0.5) is 5.69 Å². The molecule has 0 unspecified atom stereocenters. The van der Waals surface area contributed by atoms with Gasteiger partial charge in [-0.15, -0.1) is 0 Å². The quantitative estimate of drug-likeness (QED) is 0.743. The number of nitrogens with two attached hydrogens (primary N) is 1. The van der Waals surface area contributed by atoms with Crippen LogP contribution in [0.25, 0.3) is 5.65 Å². The maximum Gasteiger partial charge on any atom is 0.149 e. The Bertz CT molecular complexity index is 488. The lowest BCUT2D eigenvalue weighted by Crippen LogP contribution is -1.99. The van der Waals surface area contributed by atoms with E-state index in [-0.39, 0.29) is 0 Å². The number of aromatic nitrogens is 2. The Morgan fingerprint density at radius 1 is 1.36 bits per heavy atom. The van der Waals surface area contributed by atoms with E-state index in [1.165, 1.54) is 0 Å². The molecule has 4 nitrogen and oxygen atoms in total. The normalized spacial score (nSPS) is 10.8. The summed E-state index contributed by atoms with van der Waals surface area (Å²) in [7, 11) is 1.62. The minimum Gasteiger partial charge on any atom is -0.494 e. The highest BCUT2D eigenvalue weighted by Gasteiger charge is 2.10. The minimum atomic E-state index is 0.634. The van der Waals surface area contributed by atoms with Gasteiger partial charge < -0.3 is 14.9 Å². The van der Waals surface area contributed by atoms with Crippen molar-refractivity contribution in [3.63, 3.8) is 0 Å². The van der Waals surface area contributed by atoms with Crippen LogP contribution in [0.1, 0.15) is 11.3 Å². The number of methoxy groups -OCH3 is 1. The first-order chi connectivity index (χ1) is 6.63. The van der Waals surface area contributed by atoms with Gasteiger partial charge in [-0.25, -0.2) is 4.98 Å². The summed E-state index contributed by atoms with van der Waals surface area (Å²) in [6.45, 7) is 3.91. The van der Waals surface area contributed by atoms with Gasteiger partial charge in [0.2, 0.25) is 0 Å². The number of ether oxygens (including phenoxy) is 1. The number of rotatable bonds is 1. The Labute approximate surface area is 82.3 Å². The second-order valence-corrected chi connectivity index (χ2v) is 3.36. The van der Waals surface area contributed by atoms with E-state index in [1.807, 2.05) is 30.6 Å². The van der Waals surface area contributed by atoms with Gasteiger partial charge in [-0.3, -0.25) is 0 Å². The van der Waals surface area contributed by atoms with E-state index in [2.05, 4.69) is 4.98 Å². The third-order valence-corrected chi connectivity index (χ3v) is 2.27. The van der Waals surface area contributed by atoms with Crippen molar-refractivity contribution in [2.45, 2.75) is 13.8 Å². The van der Waals surface area contributed by atoms with Gasteiger partial charge in [0.15, 0.2) is 0 Å². The maximum atomic E-state index is 5.83. The zero-order chi connectivity index (χ0) is 10.3. The molecule has 4 heteroatoms. The standard InChI is InChI=1S/C10H13N3O/c1-6-4-13-5-8(11)9(14-3)7(2)10(13)12-6/h4-5H,11H2,1-3H3. The van der Waals surface area contributed by atoms with Gasteiger partial charge in [0, 0.05) is 18.0 Å². The molecule has 74 valence electrons. The lowest BCUT2D eigenvalue weighted by atomic mass is 10.2. The number of imidazole rings is 1. The summed E-state index contributed by atoms with van der Waals surface area (Å²) in [6, 6.07) is 0. The molecule has 2 aromatic heterocycles. The van der Waals surface area contributed by atoms with Crippen LogP contribution in [0.15, 0.2) is 12.4 Å². The van der Waals surface area contributed by atoms with E-state index >= 15 is 0 Å². The smallest absolute Gasteiger partial charge is 0.149 e. The lowest BCUT2D eigenvalue weighted by molar-refractivity contribution is 0.414. The fourth-order valence-corrected chi connectivity index (χ4v) is 1.69. The third-order valence-electron chi connectivity index (χ3n) is 2.27. The number of nitrogens with zero attached hydrogens (tertiary/aromatic N) is 2. The highest BCUT2D eigenvalue weighted by atomic mass is 16.5. The van der Waals surface area contributed by atoms with Crippen molar-refractivity contribution in [1.29, 1.82) is 0 Å². The van der Waals surface area contributed by atoms with Gasteiger partial charge >= 0.3 is 0 Å². The molecule has 2 N–H and O–H groups in total. The number of hydrogen-bond acceptors (Lipinski definition) is 3. The number of fused-ring (bicyclic) bond motifs is 1. The topological polar surface area (TPSA) is 52.5 Å². The largest absolute Gasteiger partial charge is 0.494 e. The Kier molecular flexibility index (Phi) is 1.84. The molecule has 0 saturated heterocycles. The van der Waals surface area contributed by atoms with Crippen LogP contribution >= 0.6 is 0 Å². The average Bonchev–Trinajstić information content (AvgIpc) is 2.47. The van der Waals surface area contributed by atoms with E-state index < -0.39 is 0 Å². The first-order valence-electron chi connectivity index (χ1n) is 4.42. The minimum absolute atomic E-state index is 0.634. The van der Waals surface area contributed by atoms with Crippen molar-refractivity contribution in [3.8, 4) is 5.75 Å². The summed E-state index contributed by atoms with van der Waals surface area (Å²) >= 11 is 0. The van der Waals surface area contributed by atoms with Crippen molar-refractivity contribution in [2.24, 2.45) is 0 Å². The zero-order valence-electron chi connectivity index (χ0n) is 8.53. The number of nitrogen functional groups attached to an aromatic ring is 1. The first kappa shape index (κ1) is 8.87. The predicted molar refractivity (Wildman–Crippen MR) is 55.6 cm³/mol. The SMILES string of the molecule is COc1c(N)cn2cc(C)nc2c1C. The van der Waals surface area contributed by atoms with Crippen molar-refractivity contribution in [2.75, 3.05) is 12.8 Å². The molecular formula is C10H13N3O. The van der Waals surface area contributed by atoms with Crippen LogP contribution in [0, 0.1) is 13.8 Å². The fraction of sp³-hybridized carbons (Fsp3) is 0.300. The second kappa shape index (κ2) is 2.90. The number of aryl methyl sites for hydroxylation is 2. The van der Waals surface area contributed by atoms with Crippen LogP contribution in [0.3, 0.4) is 0 Å². The summed E-state index contributed by atoms with van der Waals surface area (Å²) in [5.41, 5.74) is 9.31. The molecule has 0 aliphatic carbocycles. The Morgan fingerprint density at radius 2 is 2.07 bits per heavy atom. The molecule has 2 aromatic rings. The molecule has 14 heavy (non-hydrogen) atoms. The lowest BCUT2D eigenvalue weighted by Gasteiger charge is -2.08. The zero-order valence-corrected chi connectivity index (χ0v) is 8.53. The Morgan fingerprint density at radius 3 is 2.71 bits per heavy atom. The van der Waals surface area contributed by atoms with Crippen LogP contribution in [-0.4, -0.2) is 16.5 Å². The van der Waals surface area contributed by atoms with E-state index in [9.17, 15) is 0 Å². The van der Waals surface area contributed by atoms with Crippen molar-refractivity contribution < 1.29 is 4.74 Å². The molecular weight excluding hydrogens is 178 g/mol. The molecule has 0 atom stereocenters. The third kappa shape index (κ3) is 1.11. The van der Waals surface area contributed by atoms with Gasteiger partial charge in [0.25, 0.3) is 0 Å². The van der Waals surface area contributed by atoms with Crippen LogP contribution in [-0.2, 0) is 0 Å². The first-order valence-corrected chi connectivity index (χ1v) is 4.42. The molecule has 2 rings (SSSR count). The van der Waals surface area contributed by atoms with Crippen LogP contribution in [0.2, 0.25) is 0 Å². The molecule has 0 aliphatic heterocycles. The van der Waals surface area contributed by atoms with Crippen molar-refractivity contribution in [1.82, 2.24) is 9.38 Å². The summed E-state index contributed by atoms with van der Waals surface area (Å²) in [5.74, 6) is 0.711. The molecule has 0 aliphatic rings. The molecule has 0 spiro atoms. The Balaban J connectivity index is 2.84. The van der Waals surface area contributed by atoms with Gasteiger partial charge in [0.1, 0.15) is 11.4 Å². The second-order valence-electron chi connectivity index (χ2n) is 3.36. The maximum absolute atomic E-state index is 5.83. The summed E-state index contributed by atoms with van der Waals surface area (Å²) in [5, 5.41) is 0. The highest BCUT2D eigenvalue weighted by Crippen LogP contribution is 2.28. The number of hydrogen-bond donors (Lipinski definition) is 1. The number of anilines is 1. The van der Waals surface area contributed by atoms with Gasteiger partial charge in [0.05, 0.1) is 18.5 Å². The molecule has 0 radical (unpaired) electrons. The van der Waals surface area contributed by atoms with Crippen molar-refractivity contribution >= 4 is 11.3 Å². The fourth-order valence-electron chi connectivity index (χ4n) is 1.69. The predicted octanol–water partition coefficient (Wildman–Crippen LogP) is 1.54. The van der Waals surface area contributed by atoms with Gasteiger partial charge in [-0.1, -0.05) is 0 Å². The molecule has 0 fully saturated rings. The highest BCUT2D eigenvalue weighted by molar-refractivity contribution is 5.65. The summed E-state index contributed by atoms with van der Waals surface area (Å²) < 4.78 is 7.13. The summed E-state index contributed by atoms with van der Waals surface area (Å²) in [6.07, 6.45) is 3.76. The Hall–Kier alpha value is -1.71. The van der Waals surface area contributed by atoms with Gasteiger partial charge in [-0.2, -0.15) is 0 Å². The van der Waals surface area contributed by atoms with Crippen LogP contribution in [0.5, 0.6) is 5.75 Å². The van der Waals surface area contributed by atoms with Crippen LogP contribution < -0.4 is 10.5 Å². The van der Waals surface area contributed by atoms with E-state index in [0.717, 1.165) is 16.9 Å². The molecule has 0 amide bonds. The number of pyridine rings is 1. The molecule has 0 bridgehead atoms. The molecule has 0 saturated carbocycles. The van der Waals surface area contributed by atoms with Crippen molar-refractivity contribution in [3.05, 3.63) is 23.7 Å². The molecule has 2 heterocycles. The summed E-state index contributed by atoms with van der Waals surface area (Å²) in [4.78, 5) is 4.39. The monoisotopic (exact) mass is 191 g/mol. The van der Waals surface area contributed by atoms with E-state index in [0.29, 0.717) is 11.4 Å². The molecule has 0 aromatic carbocycles. The van der Waals surface area contributed by atoms with Gasteiger partial charge in [-0.05, 0) is 13.8 Å². The van der Waals surface area contributed by atoms with E-state index in [1.54, 1.807) is 7.11 Å². The average molecular weight is 191 g/mol.